The van der Waals surface area contributed by atoms with Gasteiger partial charge in [-0.2, -0.15) is 0 Å². The molecule has 0 saturated heterocycles. The van der Waals surface area contributed by atoms with E-state index in [1.807, 2.05) is 50.7 Å². The third kappa shape index (κ3) is 7.92. The fourth-order valence-electron chi connectivity index (χ4n) is 5.65. The topological polar surface area (TPSA) is 79.7 Å². The third-order valence-corrected chi connectivity index (χ3v) is 7.87. The van der Waals surface area contributed by atoms with E-state index >= 15 is 0 Å². The lowest BCUT2D eigenvalue weighted by atomic mass is 9.64. The lowest BCUT2D eigenvalue weighted by Crippen LogP contribution is -2.42. The molecule has 6 atom stereocenters. The third-order valence-electron chi connectivity index (χ3n) is 7.87. The molecule has 0 spiro atoms. The molecule has 0 aliphatic heterocycles. The van der Waals surface area contributed by atoms with Gasteiger partial charge in [-0.05, 0) is 76.7 Å². The van der Waals surface area contributed by atoms with E-state index in [1.165, 1.54) is 11.6 Å². The van der Waals surface area contributed by atoms with Gasteiger partial charge in [-0.1, -0.05) is 37.6 Å². The highest BCUT2D eigenvalue weighted by Crippen LogP contribution is 2.45. The maximum absolute atomic E-state index is 12.9. The first-order valence-corrected chi connectivity index (χ1v) is 13.8. The van der Waals surface area contributed by atoms with Gasteiger partial charge in [-0.15, -0.1) is 0 Å². The number of hydrogen-bond donors (Lipinski definition) is 0. The fraction of sp³-hybridized carbons (Fsp3) is 0.645. The normalized spacial score (nSPS) is 28.6. The summed E-state index contributed by atoms with van der Waals surface area (Å²) in [6, 6.07) is 0. The molecule has 7 heteroatoms. The zero-order chi connectivity index (χ0) is 28.0. The second-order valence-electron chi connectivity index (χ2n) is 12.2. The number of allylic oxidation sites excluding steroid dienone is 2. The van der Waals surface area contributed by atoms with Crippen molar-refractivity contribution in [1.29, 1.82) is 0 Å². The van der Waals surface area contributed by atoms with Gasteiger partial charge in [0.15, 0.2) is 0 Å². The minimum absolute atomic E-state index is 0.216. The van der Waals surface area contributed by atoms with Crippen LogP contribution in [0.4, 0.5) is 0 Å². The number of carbonyl (C=O) groups excluding carboxylic acids is 2. The van der Waals surface area contributed by atoms with E-state index in [2.05, 4.69) is 31.8 Å². The molecule has 3 rings (SSSR count). The lowest BCUT2D eigenvalue weighted by molar-refractivity contribution is -0.166. The zero-order valence-corrected chi connectivity index (χ0v) is 24.3. The molecule has 0 radical (unpaired) electrons. The average molecular weight is 527 g/mol. The molecule has 1 heterocycles. The Hall–Kier alpha value is -2.67. The van der Waals surface area contributed by atoms with E-state index in [0.717, 1.165) is 12.8 Å². The SMILES string of the molecule is CO[C@H]1C=CC[C@@H](OC(=O)/C=C/c2cn(C)cn2)C[C@H]2C(C)=CC[C@H](C(C)C)[C@H]2C[C@@H]1OC(=O)C(C)(C)C. The molecule has 1 aromatic heterocycles. The number of carbonyl (C=O) groups is 2. The Bertz CT molecular complexity index is 1040. The van der Waals surface area contributed by atoms with Gasteiger partial charge in [0, 0.05) is 32.9 Å². The number of aromatic nitrogens is 2. The van der Waals surface area contributed by atoms with E-state index in [9.17, 15) is 9.59 Å². The molecule has 0 unspecified atom stereocenters. The molecule has 0 amide bonds. The minimum Gasteiger partial charge on any atom is -0.459 e. The molecule has 38 heavy (non-hydrogen) atoms. The van der Waals surface area contributed by atoms with E-state index in [1.54, 1.807) is 19.5 Å². The van der Waals surface area contributed by atoms with E-state index in [4.69, 9.17) is 14.2 Å². The maximum Gasteiger partial charge on any atom is 0.331 e. The molecular formula is C31H46N2O5. The van der Waals surface area contributed by atoms with Crippen molar-refractivity contribution < 1.29 is 23.8 Å². The molecule has 0 fully saturated rings. The molecule has 2 aliphatic carbocycles. The molecule has 0 saturated carbocycles. The first kappa shape index (κ1) is 29.9. The summed E-state index contributed by atoms with van der Waals surface area (Å²) in [5.74, 6) is 0.789. The van der Waals surface area contributed by atoms with Gasteiger partial charge in [0.2, 0.25) is 0 Å². The molecule has 0 bridgehead atoms. The molecular weight excluding hydrogens is 480 g/mol. The first-order chi connectivity index (χ1) is 17.9. The summed E-state index contributed by atoms with van der Waals surface area (Å²) in [7, 11) is 3.54. The summed E-state index contributed by atoms with van der Waals surface area (Å²) in [4.78, 5) is 30.0. The van der Waals surface area contributed by atoms with Gasteiger partial charge in [-0.25, -0.2) is 9.78 Å². The number of ether oxygens (including phenoxy) is 3. The number of imidazole rings is 1. The second kappa shape index (κ2) is 12.9. The van der Waals surface area contributed by atoms with Crippen LogP contribution in [0.3, 0.4) is 0 Å². The number of hydrogen-bond acceptors (Lipinski definition) is 6. The van der Waals surface area contributed by atoms with Gasteiger partial charge >= 0.3 is 11.9 Å². The fourth-order valence-corrected chi connectivity index (χ4v) is 5.65. The van der Waals surface area contributed by atoms with Crippen molar-refractivity contribution in [2.75, 3.05) is 7.11 Å². The Kier molecular flexibility index (Phi) is 10.2. The van der Waals surface area contributed by atoms with Crippen molar-refractivity contribution in [2.45, 2.75) is 85.5 Å². The highest BCUT2D eigenvalue weighted by Gasteiger charge is 2.41. The van der Waals surface area contributed by atoms with Crippen LogP contribution in [0.5, 0.6) is 0 Å². The van der Waals surface area contributed by atoms with Crippen LogP contribution in [0.15, 0.2) is 42.4 Å². The van der Waals surface area contributed by atoms with Gasteiger partial charge in [0.1, 0.15) is 18.3 Å². The van der Waals surface area contributed by atoms with Crippen LogP contribution in [-0.2, 0) is 30.8 Å². The van der Waals surface area contributed by atoms with E-state index in [-0.39, 0.29) is 42.1 Å². The van der Waals surface area contributed by atoms with Crippen molar-refractivity contribution >= 4 is 18.0 Å². The number of aryl methyl sites for hydroxylation is 1. The van der Waals surface area contributed by atoms with Crippen molar-refractivity contribution in [1.82, 2.24) is 9.55 Å². The van der Waals surface area contributed by atoms with Crippen LogP contribution >= 0.6 is 0 Å². The molecule has 2 aliphatic rings. The van der Waals surface area contributed by atoms with E-state index in [0.29, 0.717) is 30.4 Å². The Balaban J connectivity index is 1.90. The van der Waals surface area contributed by atoms with Gasteiger partial charge in [-0.3, -0.25) is 4.79 Å². The Morgan fingerprint density at radius 1 is 1.16 bits per heavy atom. The number of nitrogens with zero attached hydrogens (tertiary/aromatic N) is 2. The number of fused-ring (bicyclic) bond motifs is 1. The minimum atomic E-state index is -0.599. The van der Waals surface area contributed by atoms with Crippen LogP contribution in [0.25, 0.3) is 6.08 Å². The largest absolute Gasteiger partial charge is 0.459 e. The van der Waals surface area contributed by atoms with Crippen LogP contribution in [0.1, 0.15) is 72.9 Å². The van der Waals surface area contributed by atoms with Crippen LogP contribution in [0.2, 0.25) is 0 Å². The van der Waals surface area contributed by atoms with Crippen LogP contribution < -0.4 is 0 Å². The lowest BCUT2D eigenvalue weighted by Gasteiger charge is -2.43. The Morgan fingerprint density at radius 2 is 1.89 bits per heavy atom. The Morgan fingerprint density at radius 3 is 2.50 bits per heavy atom. The standard InChI is InChI=1S/C31H46N2O5/c1-20(2)24-14-12-21(3)25-16-23(37-29(34)15-13-22-18-33(7)19-32-22)10-9-11-27(36-8)28(17-26(24)25)38-30(35)31(4,5)6/h9,11-13,15,18-20,23-28H,10,14,16-17H2,1-8H3/b11-9?,15-13+/t23-,24-,25+,26-,27+,28+/m1/s1. The zero-order valence-electron chi connectivity index (χ0n) is 24.3. The smallest absolute Gasteiger partial charge is 0.331 e. The highest BCUT2D eigenvalue weighted by molar-refractivity contribution is 5.86. The van der Waals surface area contributed by atoms with Crippen molar-refractivity contribution in [3.8, 4) is 0 Å². The van der Waals surface area contributed by atoms with Crippen molar-refractivity contribution in [3.05, 3.63) is 48.1 Å². The summed E-state index contributed by atoms with van der Waals surface area (Å²) in [6.45, 7) is 12.3. The van der Waals surface area contributed by atoms with Gasteiger partial charge < -0.3 is 18.8 Å². The van der Waals surface area contributed by atoms with Gasteiger partial charge in [0.25, 0.3) is 0 Å². The van der Waals surface area contributed by atoms with Crippen LogP contribution in [-0.4, -0.2) is 46.9 Å². The Labute approximate surface area is 228 Å². The maximum atomic E-state index is 12.9. The van der Waals surface area contributed by atoms with Crippen LogP contribution in [0, 0.1) is 29.1 Å². The summed E-state index contributed by atoms with van der Waals surface area (Å²) >= 11 is 0. The van der Waals surface area contributed by atoms with Crippen molar-refractivity contribution in [3.63, 3.8) is 0 Å². The monoisotopic (exact) mass is 526 g/mol. The van der Waals surface area contributed by atoms with Gasteiger partial charge in [0.05, 0.1) is 17.4 Å². The molecule has 0 N–H and O–H groups in total. The average Bonchev–Trinajstić information content (AvgIpc) is 3.26. The predicted molar refractivity (Wildman–Crippen MR) is 149 cm³/mol. The quantitative estimate of drug-likeness (QED) is 0.260. The highest BCUT2D eigenvalue weighted by atomic mass is 16.6. The van der Waals surface area contributed by atoms with Crippen molar-refractivity contribution in [2.24, 2.45) is 36.1 Å². The first-order valence-electron chi connectivity index (χ1n) is 13.8. The molecule has 7 nitrogen and oxygen atoms in total. The number of methoxy groups -OCH3 is 1. The molecule has 1 aromatic rings. The summed E-state index contributed by atoms with van der Waals surface area (Å²) < 4.78 is 19.8. The number of esters is 2. The number of rotatable bonds is 6. The summed E-state index contributed by atoms with van der Waals surface area (Å²) in [5.41, 5.74) is 1.43. The second-order valence-corrected chi connectivity index (χ2v) is 12.2. The molecule has 210 valence electrons. The molecule has 0 aromatic carbocycles. The summed E-state index contributed by atoms with van der Waals surface area (Å²) in [5, 5.41) is 0. The summed E-state index contributed by atoms with van der Waals surface area (Å²) in [6.07, 6.45) is 14.9. The van der Waals surface area contributed by atoms with E-state index < -0.39 is 5.41 Å². The predicted octanol–water partition coefficient (Wildman–Crippen LogP) is 5.91.